The van der Waals surface area contributed by atoms with Crippen LogP contribution in [-0.2, 0) is 6.42 Å². The van der Waals surface area contributed by atoms with Crippen molar-refractivity contribution < 1.29 is 0 Å². The molecule has 0 N–H and O–H groups in total. The Morgan fingerprint density at radius 1 is 0.617 bits per heavy atom. The molecule has 2 nitrogen and oxygen atoms in total. The third-order valence-corrected chi connectivity index (χ3v) is 11.0. The third-order valence-electron chi connectivity index (χ3n) is 9.55. The molecule has 9 rings (SSSR count). The maximum atomic E-state index is 4.78. The van der Waals surface area contributed by atoms with Gasteiger partial charge in [0, 0.05) is 27.2 Å². The van der Waals surface area contributed by atoms with E-state index >= 15 is 0 Å². The van der Waals surface area contributed by atoms with Gasteiger partial charge in [0.05, 0.1) is 11.4 Å². The molecular formula is C44H36N2S. The van der Waals surface area contributed by atoms with Crippen LogP contribution in [0.25, 0.3) is 39.2 Å². The molecule has 5 aromatic carbocycles. The van der Waals surface area contributed by atoms with Gasteiger partial charge in [-0.25, -0.2) is 9.97 Å². The van der Waals surface area contributed by atoms with E-state index in [1.165, 1.54) is 49.4 Å². The summed E-state index contributed by atoms with van der Waals surface area (Å²) < 4.78 is 0. The molecule has 2 aliphatic carbocycles. The standard InChI is InChI=1S/C25H22N2.C19H14S/c1-17-10-7-8-14-21(17)25-18(2)11-9-15-22(25)24-16-23(26-19(3)27-24)20-12-5-4-6-13-20;1-2-6-14-12(5-1)11-13-9-10-16-15-7-3-4-8-17(15)20-19(16)18(13)14/h4-16H,1-3H3;1-10,16,19H,11H2. The number of allylic oxidation sites excluding steroid dienone is 3. The Labute approximate surface area is 282 Å². The van der Waals surface area contributed by atoms with Crippen molar-refractivity contribution in [2.75, 3.05) is 0 Å². The zero-order valence-electron chi connectivity index (χ0n) is 26.9. The Kier molecular flexibility index (Phi) is 7.71. The first-order valence-corrected chi connectivity index (χ1v) is 17.3. The lowest BCUT2D eigenvalue weighted by molar-refractivity contribution is 0.888. The van der Waals surface area contributed by atoms with Crippen LogP contribution >= 0.6 is 11.8 Å². The summed E-state index contributed by atoms with van der Waals surface area (Å²) in [7, 11) is 0. The first kappa shape index (κ1) is 29.4. The highest BCUT2D eigenvalue weighted by molar-refractivity contribution is 8.00. The van der Waals surface area contributed by atoms with E-state index in [4.69, 9.17) is 4.98 Å². The number of aromatic nitrogens is 2. The zero-order valence-corrected chi connectivity index (χ0v) is 27.8. The quantitative estimate of drug-likeness (QED) is 0.196. The summed E-state index contributed by atoms with van der Waals surface area (Å²) in [6.07, 6.45) is 5.91. The van der Waals surface area contributed by atoms with Crippen molar-refractivity contribution in [1.82, 2.24) is 9.97 Å². The number of benzene rings is 5. The number of nitrogens with zero attached hydrogens (tertiary/aromatic N) is 2. The minimum Gasteiger partial charge on any atom is -0.233 e. The van der Waals surface area contributed by atoms with Crippen LogP contribution in [0.3, 0.4) is 0 Å². The van der Waals surface area contributed by atoms with Gasteiger partial charge >= 0.3 is 0 Å². The second-order valence-corrected chi connectivity index (χ2v) is 13.8. The predicted molar refractivity (Wildman–Crippen MR) is 198 cm³/mol. The van der Waals surface area contributed by atoms with Gasteiger partial charge in [-0.3, -0.25) is 0 Å². The van der Waals surface area contributed by atoms with Crippen LogP contribution in [-0.4, -0.2) is 15.2 Å². The van der Waals surface area contributed by atoms with Crippen molar-refractivity contribution in [1.29, 1.82) is 0 Å². The Morgan fingerprint density at radius 2 is 1.30 bits per heavy atom. The van der Waals surface area contributed by atoms with Crippen LogP contribution in [0.15, 0.2) is 150 Å². The maximum Gasteiger partial charge on any atom is 0.126 e. The van der Waals surface area contributed by atoms with E-state index in [0.717, 1.165) is 34.8 Å². The highest BCUT2D eigenvalue weighted by Crippen LogP contribution is 2.56. The van der Waals surface area contributed by atoms with E-state index in [2.05, 4.69) is 152 Å². The fourth-order valence-corrected chi connectivity index (χ4v) is 8.90. The van der Waals surface area contributed by atoms with Crippen molar-refractivity contribution in [3.05, 3.63) is 179 Å². The van der Waals surface area contributed by atoms with Crippen LogP contribution in [0.2, 0.25) is 0 Å². The van der Waals surface area contributed by atoms with Crippen molar-refractivity contribution in [2.24, 2.45) is 0 Å². The molecule has 3 aliphatic rings. The summed E-state index contributed by atoms with van der Waals surface area (Å²) in [5.74, 6) is 1.34. The smallest absolute Gasteiger partial charge is 0.126 e. The fraction of sp³-hybridized carbons (Fsp3) is 0.136. The lowest BCUT2D eigenvalue weighted by Crippen LogP contribution is -2.13. The number of thioether (sulfide) groups is 1. The van der Waals surface area contributed by atoms with Gasteiger partial charge in [-0.15, -0.1) is 11.8 Å². The van der Waals surface area contributed by atoms with Gasteiger partial charge < -0.3 is 0 Å². The number of hydrogen-bond acceptors (Lipinski definition) is 3. The van der Waals surface area contributed by atoms with Crippen LogP contribution in [0.1, 0.15) is 39.6 Å². The molecule has 0 saturated heterocycles. The number of hydrogen-bond donors (Lipinski definition) is 0. The summed E-state index contributed by atoms with van der Waals surface area (Å²) in [6.45, 7) is 6.28. The first-order chi connectivity index (χ1) is 23.0. The SMILES string of the molecule is C1=CC2c3ccccc3SC2C2=C1Cc1ccccc12.Cc1nc(-c2ccccc2)cc(-c2cccc(C)c2-c2ccccc2C)n1. The van der Waals surface area contributed by atoms with E-state index in [0.29, 0.717) is 11.2 Å². The maximum absolute atomic E-state index is 4.78. The molecule has 3 heteroatoms. The predicted octanol–water partition coefficient (Wildman–Crippen LogP) is 11.2. The lowest BCUT2D eigenvalue weighted by atomic mass is 9.84. The van der Waals surface area contributed by atoms with Crippen molar-refractivity contribution >= 4 is 17.3 Å². The average Bonchev–Trinajstić information content (AvgIpc) is 3.67. The molecule has 0 spiro atoms. The minimum atomic E-state index is 0.557. The molecule has 2 heterocycles. The molecule has 0 amide bonds. The molecule has 0 saturated carbocycles. The van der Waals surface area contributed by atoms with Gasteiger partial charge in [0.15, 0.2) is 0 Å². The fourth-order valence-electron chi connectivity index (χ4n) is 7.35. The van der Waals surface area contributed by atoms with Gasteiger partial charge in [-0.2, -0.15) is 0 Å². The van der Waals surface area contributed by atoms with Gasteiger partial charge in [0.1, 0.15) is 5.82 Å². The second-order valence-electron chi connectivity index (χ2n) is 12.6. The molecule has 0 radical (unpaired) electrons. The molecule has 1 aromatic heterocycles. The molecule has 6 aromatic rings. The minimum absolute atomic E-state index is 0.557. The molecule has 0 bridgehead atoms. The molecular weight excluding hydrogens is 589 g/mol. The van der Waals surface area contributed by atoms with Crippen molar-refractivity contribution in [3.63, 3.8) is 0 Å². The van der Waals surface area contributed by atoms with E-state index < -0.39 is 0 Å². The molecule has 1 aliphatic heterocycles. The van der Waals surface area contributed by atoms with Gasteiger partial charge in [-0.1, -0.05) is 127 Å². The van der Waals surface area contributed by atoms with Crippen LogP contribution in [0, 0.1) is 20.8 Å². The van der Waals surface area contributed by atoms with Crippen molar-refractivity contribution in [3.8, 4) is 33.6 Å². The monoisotopic (exact) mass is 624 g/mol. The van der Waals surface area contributed by atoms with Gasteiger partial charge in [0.25, 0.3) is 0 Å². The lowest BCUT2D eigenvalue weighted by Gasteiger charge is -2.23. The highest BCUT2D eigenvalue weighted by Gasteiger charge is 2.39. The summed E-state index contributed by atoms with van der Waals surface area (Å²) in [5, 5.41) is 0.580. The van der Waals surface area contributed by atoms with E-state index in [1.807, 2.05) is 25.1 Å². The van der Waals surface area contributed by atoms with Gasteiger partial charge in [-0.05, 0) is 89.4 Å². The summed E-state index contributed by atoms with van der Waals surface area (Å²) in [5.41, 5.74) is 16.8. The molecule has 228 valence electrons. The summed E-state index contributed by atoms with van der Waals surface area (Å²) in [6, 6.07) is 45.1. The number of fused-ring (bicyclic) bond motifs is 6. The van der Waals surface area contributed by atoms with E-state index in [1.54, 1.807) is 5.57 Å². The van der Waals surface area contributed by atoms with Crippen LogP contribution < -0.4 is 0 Å². The van der Waals surface area contributed by atoms with Gasteiger partial charge in [0.2, 0.25) is 0 Å². The summed E-state index contributed by atoms with van der Waals surface area (Å²) in [4.78, 5) is 10.9. The Balaban J connectivity index is 0.000000143. The topological polar surface area (TPSA) is 25.8 Å². The Bertz CT molecular complexity index is 2190. The number of aryl methyl sites for hydroxylation is 3. The molecule has 2 atom stereocenters. The van der Waals surface area contributed by atoms with Crippen molar-refractivity contribution in [2.45, 2.75) is 43.3 Å². The second kappa shape index (κ2) is 12.3. The van der Waals surface area contributed by atoms with Crippen LogP contribution in [0.5, 0.6) is 0 Å². The molecule has 2 unspecified atom stereocenters. The average molecular weight is 625 g/mol. The number of rotatable bonds is 3. The molecule has 0 fully saturated rings. The summed E-state index contributed by atoms with van der Waals surface area (Å²) >= 11 is 2.05. The zero-order chi connectivity index (χ0) is 31.9. The Hall–Kier alpha value is -4.99. The first-order valence-electron chi connectivity index (χ1n) is 16.4. The van der Waals surface area contributed by atoms with Crippen LogP contribution in [0.4, 0.5) is 0 Å². The third kappa shape index (κ3) is 5.45. The largest absolute Gasteiger partial charge is 0.233 e. The normalized spacial score (nSPS) is 16.9. The molecule has 47 heavy (non-hydrogen) atoms. The van der Waals surface area contributed by atoms with E-state index in [-0.39, 0.29) is 0 Å². The van der Waals surface area contributed by atoms with E-state index in [9.17, 15) is 0 Å². The highest BCUT2D eigenvalue weighted by atomic mass is 32.2. The Morgan fingerprint density at radius 3 is 2.15 bits per heavy atom.